The van der Waals surface area contributed by atoms with Gasteiger partial charge in [-0.15, -0.1) is 0 Å². The van der Waals surface area contributed by atoms with Gasteiger partial charge in [0.2, 0.25) is 5.95 Å². The molecule has 3 saturated heterocycles. The number of H-pyrrole nitrogens is 1. The molecule has 3 fully saturated rings. The molecule has 0 aliphatic carbocycles. The zero-order valence-electron chi connectivity index (χ0n) is 18.6. The third-order valence-electron chi connectivity index (χ3n) is 7.08. The van der Waals surface area contributed by atoms with E-state index in [1.165, 1.54) is 0 Å². The second-order valence-electron chi connectivity index (χ2n) is 9.57. The summed E-state index contributed by atoms with van der Waals surface area (Å²) in [5, 5.41) is 7.05. The highest BCUT2D eigenvalue weighted by Crippen LogP contribution is 2.41. The number of fused-ring (bicyclic) bond motifs is 1. The highest BCUT2D eigenvalue weighted by atomic mass is 19.4. The van der Waals surface area contributed by atoms with Crippen LogP contribution in [0, 0.1) is 5.41 Å². The van der Waals surface area contributed by atoms with Crippen LogP contribution in [-0.4, -0.2) is 65.4 Å². The van der Waals surface area contributed by atoms with Gasteiger partial charge in [-0.25, -0.2) is 15.0 Å². The molecule has 34 heavy (non-hydrogen) atoms. The van der Waals surface area contributed by atoms with Crippen LogP contribution < -0.4 is 15.5 Å². The van der Waals surface area contributed by atoms with Gasteiger partial charge in [0.05, 0.1) is 18.9 Å². The summed E-state index contributed by atoms with van der Waals surface area (Å²) >= 11 is 0. The standard InChI is InChI=1S/C23H26F3N7O/c24-23(25,26)17-10-29-21(30-14-2-1-6-27-8-14)32-19(17)16-9-28-20-15(16)3-4-18(31-20)33-7-5-22(11-33)12-34-13-22/h3-4,9-10,14,27H,1-2,5-8,11-13H2,(H,28,31)(H,29,30,32)/t14-/m0/s1. The lowest BCUT2D eigenvalue weighted by Gasteiger charge is -2.37. The topological polar surface area (TPSA) is 91.0 Å². The highest BCUT2D eigenvalue weighted by molar-refractivity contribution is 5.94. The number of hydrogen-bond acceptors (Lipinski definition) is 7. The second-order valence-corrected chi connectivity index (χ2v) is 9.57. The SMILES string of the molecule is FC(F)(F)c1cnc(N[C@H]2CCCNC2)nc1-c1c[nH]c2nc(N3CCC4(COC4)C3)ccc12. The Bertz CT molecular complexity index is 1200. The summed E-state index contributed by atoms with van der Waals surface area (Å²) in [5.74, 6) is 1.01. The summed E-state index contributed by atoms with van der Waals surface area (Å²) in [7, 11) is 0. The lowest BCUT2D eigenvalue weighted by atomic mass is 9.85. The van der Waals surface area contributed by atoms with Crippen molar-refractivity contribution in [2.75, 3.05) is 49.6 Å². The zero-order chi connectivity index (χ0) is 23.3. The van der Waals surface area contributed by atoms with Crippen molar-refractivity contribution in [2.24, 2.45) is 5.41 Å². The summed E-state index contributed by atoms with van der Waals surface area (Å²) < 4.78 is 47.0. The average Bonchev–Trinajstić information content (AvgIpc) is 3.44. The third-order valence-corrected chi connectivity index (χ3v) is 7.08. The van der Waals surface area contributed by atoms with Gasteiger partial charge in [-0.3, -0.25) is 0 Å². The molecule has 3 aliphatic heterocycles. The summed E-state index contributed by atoms with van der Waals surface area (Å²) in [6.07, 6.45) is 0.808. The van der Waals surface area contributed by atoms with Crippen LogP contribution in [-0.2, 0) is 10.9 Å². The minimum absolute atomic E-state index is 0.0790. The van der Waals surface area contributed by atoms with Crippen molar-refractivity contribution in [1.82, 2.24) is 25.3 Å². The molecule has 0 saturated carbocycles. The lowest BCUT2D eigenvalue weighted by Crippen LogP contribution is -2.44. The zero-order valence-corrected chi connectivity index (χ0v) is 18.6. The molecule has 3 N–H and O–H groups in total. The Kier molecular flexibility index (Phi) is 5.14. The number of hydrogen-bond donors (Lipinski definition) is 3. The first-order chi connectivity index (χ1) is 16.4. The Labute approximate surface area is 194 Å². The predicted octanol–water partition coefficient (Wildman–Crippen LogP) is 3.43. The van der Waals surface area contributed by atoms with E-state index in [2.05, 4.69) is 30.5 Å². The third kappa shape index (κ3) is 3.86. The minimum atomic E-state index is -4.58. The molecule has 180 valence electrons. The number of aromatic nitrogens is 4. The number of halogens is 3. The summed E-state index contributed by atoms with van der Waals surface area (Å²) in [6.45, 7) is 5.00. The van der Waals surface area contributed by atoms with Crippen LogP contribution in [0.3, 0.4) is 0 Å². The number of anilines is 2. The van der Waals surface area contributed by atoms with Crippen molar-refractivity contribution < 1.29 is 17.9 Å². The summed E-state index contributed by atoms with van der Waals surface area (Å²) in [4.78, 5) is 18.3. The Morgan fingerprint density at radius 2 is 2.09 bits per heavy atom. The number of pyridine rings is 1. The van der Waals surface area contributed by atoms with Gasteiger partial charge < -0.3 is 25.3 Å². The predicted molar refractivity (Wildman–Crippen MR) is 122 cm³/mol. The Balaban J connectivity index is 1.34. The largest absolute Gasteiger partial charge is 0.419 e. The van der Waals surface area contributed by atoms with Crippen molar-refractivity contribution in [3.8, 4) is 11.3 Å². The molecule has 3 aromatic rings. The molecule has 0 unspecified atom stereocenters. The molecule has 3 aromatic heterocycles. The molecule has 1 atom stereocenters. The number of alkyl halides is 3. The van der Waals surface area contributed by atoms with E-state index in [-0.39, 0.29) is 23.1 Å². The molecule has 1 spiro atoms. The van der Waals surface area contributed by atoms with Gasteiger partial charge in [0.1, 0.15) is 17.0 Å². The van der Waals surface area contributed by atoms with Gasteiger partial charge >= 0.3 is 6.18 Å². The number of piperidine rings is 1. The van der Waals surface area contributed by atoms with E-state index in [9.17, 15) is 13.2 Å². The van der Waals surface area contributed by atoms with Gasteiger partial charge in [0, 0.05) is 54.4 Å². The van der Waals surface area contributed by atoms with Gasteiger partial charge in [-0.2, -0.15) is 13.2 Å². The molecule has 11 heteroatoms. The number of nitrogens with one attached hydrogen (secondary N) is 3. The molecular weight excluding hydrogens is 447 g/mol. The first-order valence-electron chi connectivity index (χ1n) is 11.6. The van der Waals surface area contributed by atoms with Crippen molar-refractivity contribution in [3.63, 3.8) is 0 Å². The summed E-state index contributed by atoms with van der Waals surface area (Å²) in [6, 6.07) is 3.78. The van der Waals surface area contributed by atoms with Crippen LogP contribution in [0.2, 0.25) is 0 Å². The van der Waals surface area contributed by atoms with Crippen LogP contribution in [0.15, 0.2) is 24.5 Å². The maximum atomic E-state index is 13.9. The quantitative estimate of drug-likeness (QED) is 0.535. The Morgan fingerprint density at radius 3 is 2.79 bits per heavy atom. The van der Waals surface area contributed by atoms with Crippen LogP contribution in [0.4, 0.5) is 24.9 Å². The second kappa shape index (κ2) is 8.09. The van der Waals surface area contributed by atoms with Crippen molar-refractivity contribution >= 4 is 22.8 Å². The maximum absolute atomic E-state index is 13.9. The Morgan fingerprint density at radius 1 is 1.21 bits per heavy atom. The van der Waals surface area contributed by atoms with Crippen LogP contribution in [0.25, 0.3) is 22.3 Å². The molecule has 0 bridgehead atoms. The summed E-state index contributed by atoms with van der Waals surface area (Å²) in [5.41, 5.74) is 0.102. The van der Waals surface area contributed by atoms with Gasteiger partial charge in [-0.05, 0) is 37.9 Å². The van der Waals surface area contributed by atoms with Crippen molar-refractivity contribution in [1.29, 1.82) is 0 Å². The van der Waals surface area contributed by atoms with E-state index >= 15 is 0 Å². The molecule has 0 aromatic carbocycles. The lowest BCUT2D eigenvalue weighted by molar-refractivity contribution is -0.137. The van der Waals surface area contributed by atoms with Gasteiger partial charge in [0.25, 0.3) is 0 Å². The van der Waals surface area contributed by atoms with Crippen LogP contribution in [0.1, 0.15) is 24.8 Å². The van der Waals surface area contributed by atoms with Crippen molar-refractivity contribution in [3.05, 3.63) is 30.1 Å². The van der Waals surface area contributed by atoms with Gasteiger partial charge in [0.15, 0.2) is 0 Å². The van der Waals surface area contributed by atoms with E-state index < -0.39 is 11.7 Å². The molecule has 6 heterocycles. The first-order valence-corrected chi connectivity index (χ1v) is 11.6. The minimum Gasteiger partial charge on any atom is -0.380 e. The van der Waals surface area contributed by atoms with Crippen LogP contribution in [0.5, 0.6) is 0 Å². The molecular formula is C23H26F3N7O. The molecule has 8 nitrogen and oxygen atoms in total. The molecule has 3 aliphatic rings. The number of ether oxygens (including phenoxy) is 1. The normalized spacial score (nSPS) is 22.3. The smallest absolute Gasteiger partial charge is 0.380 e. The van der Waals surface area contributed by atoms with E-state index in [1.807, 2.05) is 12.1 Å². The fourth-order valence-electron chi connectivity index (χ4n) is 5.15. The number of nitrogens with zero attached hydrogens (tertiary/aromatic N) is 4. The van der Waals surface area contributed by atoms with E-state index in [0.717, 1.165) is 70.7 Å². The monoisotopic (exact) mass is 473 g/mol. The molecule has 6 rings (SSSR count). The van der Waals surface area contributed by atoms with E-state index in [4.69, 9.17) is 9.72 Å². The molecule has 0 amide bonds. The first kappa shape index (κ1) is 21.6. The average molecular weight is 474 g/mol. The van der Waals surface area contributed by atoms with Gasteiger partial charge in [-0.1, -0.05) is 0 Å². The number of rotatable bonds is 4. The van der Waals surface area contributed by atoms with E-state index in [0.29, 0.717) is 16.6 Å². The van der Waals surface area contributed by atoms with Crippen molar-refractivity contribution in [2.45, 2.75) is 31.5 Å². The van der Waals surface area contributed by atoms with Crippen LogP contribution >= 0.6 is 0 Å². The fourth-order valence-corrected chi connectivity index (χ4v) is 5.15. The maximum Gasteiger partial charge on any atom is 0.419 e. The molecule has 0 radical (unpaired) electrons. The number of aromatic amines is 1. The Hall–Kier alpha value is -2.92. The fraction of sp³-hybridized carbons (Fsp3) is 0.522. The highest BCUT2D eigenvalue weighted by Gasteiger charge is 2.44. The van der Waals surface area contributed by atoms with E-state index in [1.54, 1.807) is 6.20 Å².